The topological polar surface area (TPSA) is 68.5 Å². The highest BCUT2D eigenvalue weighted by Gasteiger charge is 2.19. The minimum absolute atomic E-state index is 0.197. The third-order valence-corrected chi connectivity index (χ3v) is 3.91. The number of hydrogen-bond donors (Lipinski definition) is 2. The number of nitrogens with one attached hydrogen (secondary N) is 1. The summed E-state index contributed by atoms with van der Waals surface area (Å²) in [7, 11) is 0. The first-order valence-electron chi connectivity index (χ1n) is 7.95. The largest absolute Gasteiger partial charge is 0.393 e. The number of nitriles is 1. The zero-order valence-electron chi connectivity index (χ0n) is 13.4. The molecule has 1 aromatic rings. The molecular formula is C17H25N3O2. The van der Waals surface area contributed by atoms with E-state index in [1.165, 1.54) is 0 Å². The first kappa shape index (κ1) is 16.6. The molecule has 0 amide bonds. The second-order valence-electron chi connectivity index (χ2n) is 5.77. The van der Waals surface area contributed by atoms with Crippen molar-refractivity contribution in [3.05, 3.63) is 23.8 Å². The number of nitrogens with zero attached hydrogens (tertiary/aromatic N) is 2. The average molecular weight is 303 g/mol. The van der Waals surface area contributed by atoms with Crippen molar-refractivity contribution in [2.45, 2.75) is 38.8 Å². The summed E-state index contributed by atoms with van der Waals surface area (Å²) in [6.45, 7) is 6.97. The van der Waals surface area contributed by atoms with E-state index < -0.39 is 0 Å². The first-order chi connectivity index (χ1) is 10.6. The standard InChI is InChI=1S/C17H25N3O2/c1-3-22-12-13(2)19-15-4-5-17(14(10-15)11-18)20-8-6-16(21)7-9-20/h4-5,10,13,16,19,21H,3,6-9,12H2,1-2H3. The summed E-state index contributed by atoms with van der Waals surface area (Å²) in [6, 6.07) is 8.37. The Kier molecular flexibility index (Phi) is 6.05. The molecule has 1 fully saturated rings. The van der Waals surface area contributed by atoms with Crippen LogP contribution in [0.2, 0.25) is 0 Å². The molecule has 0 aromatic heterocycles. The summed E-state index contributed by atoms with van der Waals surface area (Å²) in [5.41, 5.74) is 2.56. The maximum absolute atomic E-state index is 9.60. The molecular weight excluding hydrogens is 278 g/mol. The average Bonchev–Trinajstić information content (AvgIpc) is 2.53. The van der Waals surface area contributed by atoms with E-state index in [9.17, 15) is 10.4 Å². The maximum atomic E-state index is 9.60. The van der Waals surface area contributed by atoms with Gasteiger partial charge in [0.1, 0.15) is 6.07 Å². The number of piperidine rings is 1. The second-order valence-corrected chi connectivity index (χ2v) is 5.77. The first-order valence-corrected chi connectivity index (χ1v) is 7.95. The minimum atomic E-state index is -0.206. The van der Waals surface area contributed by atoms with Gasteiger partial charge in [-0.1, -0.05) is 0 Å². The van der Waals surface area contributed by atoms with E-state index in [2.05, 4.69) is 23.2 Å². The van der Waals surface area contributed by atoms with Gasteiger partial charge in [-0.15, -0.1) is 0 Å². The van der Waals surface area contributed by atoms with Gasteiger partial charge in [-0.05, 0) is 44.9 Å². The molecule has 1 aliphatic rings. The molecule has 1 aromatic carbocycles. The minimum Gasteiger partial charge on any atom is -0.393 e. The Balaban J connectivity index is 2.06. The summed E-state index contributed by atoms with van der Waals surface area (Å²) >= 11 is 0. The summed E-state index contributed by atoms with van der Waals surface area (Å²) < 4.78 is 5.39. The molecule has 2 rings (SSSR count). The van der Waals surface area contributed by atoms with Crippen molar-refractivity contribution in [1.82, 2.24) is 0 Å². The normalized spacial score (nSPS) is 17.1. The van der Waals surface area contributed by atoms with Gasteiger partial charge < -0.3 is 20.1 Å². The molecule has 0 aliphatic carbocycles. The van der Waals surface area contributed by atoms with Gasteiger partial charge in [0.25, 0.3) is 0 Å². The van der Waals surface area contributed by atoms with Crippen LogP contribution in [-0.2, 0) is 4.74 Å². The number of ether oxygens (including phenoxy) is 1. The predicted octanol–water partition coefficient (Wildman–Crippen LogP) is 2.36. The van der Waals surface area contributed by atoms with Gasteiger partial charge in [0, 0.05) is 31.4 Å². The molecule has 2 N–H and O–H groups in total. The molecule has 1 unspecified atom stereocenters. The highest BCUT2D eigenvalue weighted by Crippen LogP contribution is 2.27. The van der Waals surface area contributed by atoms with Gasteiger partial charge in [0.15, 0.2) is 0 Å². The molecule has 1 aliphatic heterocycles. The number of aliphatic hydroxyl groups is 1. The van der Waals surface area contributed by atoms with Gasteiger partial charge in [-0.2, -0.15) is 5.26 Å². The van der Waals surface area contributed by atoms with Crippen molar-refractivity contribution in [2.24, 2.45) is 0 Å². The van der Waals surface area contributed by atoms with Crippen LogP contribution in [0.4, 0.5) is 11.4 Å². The molecule has 120 valence electrons. The van der Waals surface area contributed by atoms with Crippen LogP contribution in [0.1, 0.15) is 32.3 Å². The zero-order chi connectivity index (χ0) is 15.9. The fourth-order valence-corrected chi connectivity index (χ4v) is 2.72. The highest BCUT2D eigenvalue weighted by atomic mass is 16.5. The Morgan fingerprint density at radius 1 is 1.45 bits per heavy atom. The van der Waals surface area contributed by atoms with Gasteiger partial charge in [0.2, 0.25) is 0 Å². The van der Waals surface area contributed by atoms with Crippen LogP contribution in [-0.4, -0.2) is 43.6 Å². The van der Waals surface area contributed by atoms with Crippen LogP contribution >= 0.6 is 0 Å². The maximum Gasteiger partial charge on any atom is 0.101 e. The summed E-state index contributed by atoms with van der Waals surface area (Å²) in [5.74, 6) is 0. The molecule has 5 heteroatoms. The SMILES string of the molecule is CCOCC(C)Nc1ccc(N2CCC(O)CC2)c(C#N)c1. The lowest BCUT2D eigenvalue weighted by atomic mass is 10.0. The lowest BCUT2D eigenvalue weighted by Crippen LogP contribution is -2.36. The fourth-order valence-electron chi connectivity index (χ4n) is 2.72. The van der Waals surface area contributed by atoms with E-state index in [0.29, 0.717) is 18.8 Å². The highest BCUT2D eigenvalue weighted by molar-refractivity contribution is 5.65. The predicted molar refractivity (Wildman–Crippen MR) is 88.2 cm³/mol. The Morgan fingerprint density at radius 2 is 2.18 bits per heavy atom. The zero-order valence-corrected chi connectivity index (χ0v) is 13.4. The molecule has 1 atom stereocenters. The molecule has 22 heavy (non-hydrogen) atoms. The van der Waals surface area contributed by atoms with Crippen molar-refractivity contribution < 1.29 is 9.84 Å². The number of rotatable bonds is 6. The van der Waals surface area contributed by atoms with Crippen molar-refractivity contribution in [3.63, 3.8) is 0 Å². The smallest absolute Gasteiger partial charge is 0.101 e. The van der Waals surface area contributed by atoms with Gasteiger partial charge >= 0.3 is 0 Å². The molecule has 1 saturated heterocycles. The summed E-state index contributed by atoms with van der Waals surface area (Å²) in [5, 5.41) is 22.4. The third-order valence-electron chi connectivity index (χ3n) is 3.91. The Morgan fingerprint density at radius 3 is 2.82 bits per heavy atom. The van der Waals surface area contributed by atoms with Crippen LogP contribution in [0.5, 0.6) is 0 Å². The number of aliphatic hydroxyl groups excluding tert-OH is 1. The number of benzene rings is 1. The number of hydrogen-bond acceptors (Lipinski definition) is 5. The van der Waals surface area contributed by atoms with Crippen LogP contribution in [0.3, 0.4) is 0 Å². The lowest BCUT2D eigenvalue weighted by Gasteiger charge is -2.32. The number of anilines is 2. The van der Waals surface area contributed by atoms with Crippen LogP contribution in [0, 0.1) is 11.3 Å². The van der Waals surface area contributed by atoms with Crippen molar-refractivity contribution in [2.75, 3.05) is 36.5 Å². The molecule has 5 nitrogen and oxygen atoms in total. The van der Waals surface area contributed by atoms with E-state index in [1.807, 2.05) is 25.1 Å². The van der Waals surface area contributed by atoms with E-state index in [1.54, 1.807) is 0 Å². The van der Waals surface area contributed by atoms with Gasteiger partial charge in [0.05, 0.1) is 24.0 Å². The molecule has 0 saturated carbocycles. The monoisotopic (exact) mass is 303 g/mol. The van der Waals surface area contributed by atoms with Gasteiger partial charge in [-0.3, -0.25) is 0 Å². The lowest BCUT2D eigenvalue weighted by molar-refractivity contribution is 0.141. The summed E-state index contributed by atoms with van der Waals surface area (Å²) in [6.07, 6.45) is 1.31. The molecule has 0 radical (unpaired) electrons. The molecule has 1 heterocycles. The third kappa shape index (κ3) is 4.36. The van der Waals surface area contributed by atoms with E-state index in [4.69, 9.17) is 4.74 Å². The van der Waals surface area contributed by atoms with E-state index in [0.717, 1.165) is 37.3 Å². The Hall–Kier alpha value is -1.77. The van der Waals surface area contributed by atoms with Crippen LogP contribution in [0.25, 0.3) is 0 Å². The second kappa shape index (κ2) is 8.02. The van der Waals surface area contributed by atoms with Crippen LogP contribution < -0.4 is 10.2 Å². The van der Waals surface area contributed by atoms with Gasteiger partial charge in [-0.25, -0.2) is 0 Å². The van der Waals surface area contributed by atoms with E-state index in [-0.39, 0.29) is 12.1 Å². The molecule has 0 bridgehead atoms. The van der Waals surface area contributed by atoms with E-state index >= 15 is 0 Å². The quantitative estimate of drug-likeness (QED) is 0.844. The van der Waals surface area contributed by atoms with Crippen molar-refractivity contribution in [1.29, 1.82) is 5.26 Å². The van der Waals surface area contributed by atoms with Crippen LogP contribution in [0.15, 0.2) is 18.2 Å². The summed E-state index contributed by atoms with van der Waals surface area (Å²) in [4.78, 5) is 2.18. The van der Waals surface area contributed by atoms with Crippen molar-refractivity contribution in [3.8, 4) is 6.07 Å². The molecule has 0 spiro atoms. The fraction of sp³-hybridized carbons (Fsp3) is 0.588. The van der Waals surface area contributed by atoms with Crippen molar-refractivity contribution >= 4 is 11.4 Å². The Bertz CT molecular complexity index is 519. The Labute approximate surface area is 132 Å².